The zero-order valence-corrected chi connectivity index (χ0v) is 19.4. The Balaban J connectivity index is 3.26. The first kappa shape index (κ1) is 27.3. The van der Waals surface area contributed by atoms with Gasteiger partial charge in [0, 0.05) is 0 Å². The molecule has 0 aliphatic carbocycles. The molecule has 0 aromatic heterocycles. The zero-order chi connectivity index (χ0) is 20.1. The molecule has 4 nitrogen and oxygen atoms in total. The van der Waals surface area contributed by atoms with E-state index in [2.05, 4.69) is 19.2 Å². The number of rotatable bonds is 22. The molecule has 0 atom stereocenters. The van der Waals surface area contributed by atoms with Crippen LogP contribution in [0.15, 0.2) is 0 Å². The van der Waals surface area contributed by atoms with Crippen molar-refractivity contribution in [2.75, 3.05) is 25.9 Å². The predicted octanol–water partition coefficient (Wildman–Crippen LogP) is 6.35. The Labute approximate surface area is 170 Å². The fraction of sp³-hybridized carbons (Fsp3) is 1.00. The van der Waals surface area contributed by atoms with Gasteiger partial charge in [-0.05, 0) is 0 Å². The molecule has 0 radical (unpaired) electrons. The minimum atomic E-state index is -3.41. The summed E-state index contributed by atoms with van der Waals surface area (Å²) < 4.78 is 5.34. The summed E-state index contributed by atoms with van der Waals surface area (Å²) >= 11 is 0. The molecule has 0 rings (SSSR count). The second kappa shape index (κ2) is 21.0. The van der Waals surface area contributed by atoms with Crippen LogP contribution in [0.3, 0.4) is 0 Å². The number of hydrogen-bond donors (Lipinski definition) is 3. The van der Waals surface area contributed by atoms with Crippen molar-refractivity contribution in [3.8, 4) is 0 Å². The molecule has 0 aromatic rings. The summed E-state index contributed by atoms with van der Waals surface area (Å²) in [7, 11) is -3.41. The molecule has 0 amide bonds. The van der Waals surface area contributed by atoms with E-state index in [0.717, 1.165) is 19.4 Å². The Morgan fingerprint density at radius 1 is 0.593 bits per heavy atom. The normalized spacial score (nSPS) is 12.6. The van der Waals surface area contributed by atoms with Crippen molar-refractivity contribution in [1.82, 2.24) is 5.32 Å². The first-order valence-electron chi connectivity index (χ1n) is 11.9. The molecule has 0 spiro atoms. The molecule has 3 N–H and O–H groups in total. The molecule has 166 valence electrons. The summed E-state index contributed by atoms with van der Waals surface area (Å²) in [5, 5.41) is 3.35. The Hall–Kier alpha value is 0.270. The number of hydrogen-bond acceptors (Lipinski definition) is 4. The number of nitrogens with one attached hydrogen (secondary N) is 1. The Morgan fingerprint density at radius 2 is 1.04 bits per heavy atom. The van der Waals surface area contributed by atoms with E-state index in [1.54, 1.807) is 0 Å². The molecule has 0 heterocycles. The van der Waals surface area contributed by atoms with Crippen molar-refractivity contribution in [2.45, 2.75) is 117 Å². The maximum atomic E-state index is 9.95. The van der Waals surface area contributed by atoms with E-state index in [1.807, 2.05) is 0 Å². The minimum absolute atomic E-state index is 0.410. The van der Waals surface area contributed by atoms with E-state index in [-0.39, 0.29) is 0 Å². The van der Waals surface area contributed by atoms with Gasteiger partial charge in [0.25, 0.3) is 0 Å². The Kier molecular flexibility index (Phi) is 21.2. The zero-order valence-electron chi connectivity index (χ0n) is 18.4. The van der Waals surface area contributed by atoms with Gasteiger partial charge in [0.1, 0.15) is 0 Å². The summed E-state index contributed by atoms with van der Waals surface area (Å²) in [6.45, 7) is 6.60. The number of unbranched alkanes of at least 4 members (excludes halogenated alkanes) is 14. The Morgan fingerprint density at radius 3 is 1.56 bits per heavy atom. The van der Waals surface area contributed by atoms with Crippen molar-refractivity contribution in [1.29, 1.82) is 0 Å². The van der Waals surface area contributed by atoms with Gasteiger partial charge >= 0.3 is 144 Å². The molecular formula is C22H50NO3P. The van der Waals surface area contributed by atoms with Crippen LogP contribution in [0.4, 0.5) is 0 Å². The first-order chi connectivity index (χ1) is 13.1. The van der Waals surface area contributed by atoms with Crippen LogP contribution in [0.5, 0.6) is 0 Å². The average Bonchev–Trinajstić information content (AvgIpc) is 2.65. The second-order valence-corrected chi connectivity index (χ2v) is 10.3. The molecule has 0 saturated heterocycles. The van der Waals surface area contributed by atoms with Crippen molar-refractivity contribution >= 4 is 7.94 Å². The third-order valence-corrected chi connectivity index (χ3v) is 6.85. The van der Waals surface area contributed by atoms with Crippen LogP contribution < -0.4 is 5.32 Å². The average molecular weight is 408 g/mol. The Bertz CT molecular complexity index is 291. The van der Waals surface area contributed by atoms with Gasteiger partial charge in [0.15, 0.2) is 0 Å². The van der Waals surface area contributed by atoms with Crippen LogP contribution in [0.2, 0.25) is 0 Å². The van der Waals surface area contributed by atoms with E-state index in [4.69, 9.17) is 4.52 Å². The molecular weight excluding hydrogens is 357 g/mol. The molecule has 27 heavy (non-hydrogen) atoms. The van der Waals surface area contributed by atoms with Gasteiger partial charge in [-0.1, -0.05) is 26.2 Å². The quantitative estimate of drug-likeness (QED) is 0.144. The fourth-order valence-corrected chi connectivity index (χ4v) is 4.64. The third kappa shape index (κ3) is 22.4. The predicted molar refractivity (Wildman–Crippen MR) is 122 cm³/mol. The van der Waals surface area contributed by atoms with Crippen LogP contribution in [0, 0.1) is 0 Å². The molecule has 0 unspecified atom stereocenters. The first-order valence-corrected chi connectivity index (χ1v) is 13.9. The molecule has 0 bridgehead atoms. The van der Waals surface area contributed by atoms with Gasteiger partial charge in [-0.3, -0.25) is 0 Å². The van der Waals surface area contributed by atoms with E-state index >= 15 is 0 Å². The summed E-state index contributed by atoms with van der Waals surface area (Å²) in [6.07, 6.45) is 20.9. The van der Waals surface area contributed by atoms with Gasteiger partial charge < -0.3 is 0 Å². The summed E-state index contributed by atoms with van der Waals surface area (Å²) in [6, 6.07) is 0. The van der Waals surface area contributed by atoms with Gasteiger partial charge in [-0.2, -0.15) is 0 Å². The van der Waals surface area contributed by atoms with Gasteiger partial charge in [-0.25, -0.2) is 0 Å². The monoisotopic (exact) mass is 407 g/mol. The summed E-state index contributed by atoms with van der Waals surface area (Å²) in [5.41, 5.74) is 0. The third-order valence-electron chi connectivity index (χ3n) is 5.18. The standard InChI is InChI=1S/C22H50NO3P/c1-3-5-7-9-11-12-13-14-15-17-19-23-20-21-26-27(24,25)22-18-16-10-8-6-4-2/h23-25,27H,3-22H2,1-2H3. The fourth-order valence-electron chi connectivity index (χ4n) is 3.36. The molecule has 0 fully saturated rings. The van der Waals surface area contributed by atoms with Crippen molar-refractivity contribution < 1.29 is 14.3 Å². The topological polar surface area (TPSA) is 61.7 Å². The van der Waals surface area contributed by atoms with Crippen LogP contribution in [0.25, 0.3) is 0 Å². The van der Waals surface area contributed by atoms with E-state index in [0.29, 0.717) is 19.3 Å². The van der Waals surface area contributed by atoms with Crippen molar-refractivity contribution in [2.24, 2.45) is 0 Å². The van der Waals surface area contributed by atoms with Gasteiger partial charge in [0.05, 0.1) is 0 Å². The van der Waals surface area contributed by atoms with Crippen molar-refractivity contribution in [3.05, 3.63) is 0 Å². The molecule has 0 aliphatic heterocycles. The van der Waals surface area contributed by atoms with Crippen LogP contribution in [0.1, 0.15) is 117 Å². The second-order valence-electron chi connectivity index (χ2n) is 8.04. The SMILES string of the molecule is CCCCCCCCCCCCNCCO[PH](O)(O)CCCCCCCC. The van der Waals surface area contributed by atoms with Gasteiger partial charge in [0.2, 0.25) is 0 Å². The maximum absolute atomic E-state index is 9.95. The molecule has 0 aromatic carbocycles. The molecule has 0 saturated carbocycles. The van der Waals surface area contributed by atoms with Crippen LogP contribution in [-0.4, -0.2) is 35.6 Å². The van der Waals surface area contributed by atoms with Crippen LogP contribution in [-0.2, 0) is 4.52 Å². The molecule has 0 aliphatic rings. The van der Waals surface area contributed by atoms with E-state index in [9.17, 15) is 9.79 Å². The molecule has 5 heteroatoms. The van der Waals surface area contributed by atoms with Crippen molar-refractivity contribution in [3.63, 3.8) is 0 Å². The van der Waals surface area contributed by atoms with E-state index in [1.165, 1.54) is 89.9 Å². The van der Waals surface area contributed by atoms with Crippen LogP contribution >= 0.6 is 7.94 Å². The summed E-state index contributed by atoms with van der Waals surface area (Å²) in [4.78, 5) is 19.9. The van der Waals surface area contributed by atoms with Gasteiger partial charge in [-0.15, -0.1) is 0 Å². The van der Waals surface area contributed by atoms with E-state index < -0.39 is 7.94 Å². The summed E-state index contributed by atoms with van der Waals surface area (Å²) in [5.74, 6) is 0.